The molecular formula is C12H18N2O4S2. The first-order valence-electron chi connectivity index (χ1n) is 6.46. The fraction of sp³-hybridized carbons (Fsp3) is 0.583. The minimum absolute atomic E-state index is 0.0255. The van der Waals surface area contributed by atoms with E-state index in [2.05, 4.69) is 9.62 Å². The number of hydrogen-bond donors (Lipinski definition) is 2. The number of nitrogens with one attached hydrogen (secondary N) is 1. The number of aromatic carboxylic acids is 1. The van der Waals surface area contributed by atoms with Crippen molar-refractivity contribution in [1.29, 1.82) is 0 Å². The van der Waals surface area contributed by atoms with Gasteiger partial charge in [-0.05, 0) is 45.0 Å². The number of carboxylic acids is 1. The smallest absolute Gasteiger partial charge is 0.345 e. The zero-order chi connectivity index (χ0) is 14.8. The van der Waals surface area contributed by atoms with E-state index in [0.29, 0.717) is 6.54 Å². The van der Waals surface area contributed by atoms with Gasteiger partial charge in [0.05, 0.1) is 0 Å². The summed E-state index contributed by atoms with van der Waals surface area (Å²) in [5.74, 6) is -1.11. The highest BCUT2D eigenvalue weighted by Crippen LogP contribution is 2.21. The number of carboxylic acid groups (broad SMARTS) is 1. The molecule has 1 aliphatic rings. The Bertz CT molecular complexity index is 576. The number of rotatable bonds is 6. The van der Waals surface area contributed by atoms with Crippen LogP contribution in [0.5, 0.6) is 0 Å². The van der Waals surface area contributed by atoms with Gasteiger partial charge in [-0.15, -0.1) is 11.3 Å². The van der Waals surface area contributed by atoms with Gasteiger partial charge in [0.1, 0.15) is 9.09 Å². The van der Waals surface area contributed by atoms with Crippen molar-refractivity contribution in [2.45, 2.75) is 30.0 Å². The fourth-order valence-corrected chi connectivity index (χ4v) is 4.69. The normalized spacial score (nSPS) is 18.2. The number of hydrogen-bond acceptors (Lipinski definition) is 5. The highest BCUT2D eigenvalue weighted by Gasteiger charge is 2.23. The highest BCUT2D eigenvalue weighted by atomic mass is 32.2. The summed E-state index contributed by atoms with van der Waals surface area (Å²) in [6.07, 6.45) is 2.32. The van der Waals surface area contributed by atoms with Gasteiger partial charge in [-0.1, -0.05) is 0 Å². The Morgan fingerprint density at radius 2 is 2.10 bits per heavy atom. The van der Waals surface area contributed by atoms with Crippen molar-refractivity contribution in [3.05, 3.63) is 17.0 Å². The number of nitrogens with zero attached hydrogens (tertiary/aromatic N) is 1. The Hall–Kier alpha value is -0.960. The van der Waals surface area contributed by atoms with Crippen molar-refractivity contribution in [3.63, 3.8) is 0 Å². The quantitative estimate of drug-likeness (QED) is 0.823. The highest BCUT2D eigenvalue weighted by molar-refractivity contribution is 7.91. The van der Waals surface area contributed by atoms with Crippen LogP contribution in [0.2, 0.25) is 0 Å². The Morgan fingerprint density at radius 3 is 2.65 bits per heavy atom. The maximum atomic E-state index is 12.1. The van der Waals surface area contributed by atoms with Gasteiger partial charge in [-0.25, -0.2) is 17.9 Å². The molecule has 0 aromatic carbocycles. The van der Waals surface area contributed by atoms with Crippen molar-refractivity contribution in [2.75, 3.05) is 19.6 Å². The van der Waals surface area contributed by atoms with E-state index in [1.807, 2.05) is 6.92 Å². The molecule has 0 amide bonds. The molecule has 0 radical (unpaired) electrons. The van der Waals surface area contributed by atoms with Crippen molar-refractivity contribution < 1.29 is 18.3 Å². The molecule has 1 saturated heterocycles. The summed E-state index contributed by atoms with van der Waals surface area (Å²) in [5, 5.41) is 8.82. The minimum atomic E-state index is -3.64. The molecule has 2 heterocycles. The maximum Gasteiger partial charge on any atom is 0.345 e. The predicted molar refractivity (Wildman–Crippen MR) is 76.7 cm³/mol. The largest absolute Gasteiger partial charge is 0.477 e. The molecule has 1 unspecified atom stereocenters. The average Bonchev–Trinajstić information content (AvgIpc) is 2.97. The lowest BCUT2D eigenvalue weighted by Gasteiger charge is -2.20. The van der Waals surface area contributed by atoms with Crippen LogP contribution in [0.15, 0.2) is 16.3 Å². The molecule has 6 nitrogen and oxygen atoms in total. The zero-order valence-corrected chi connectivity index (χ0v) is 12.8. The van der Waals surface area contributed by atoms with E-state index in [9.17, 15) is 13.2 Å². The molecule has 2 N–H and O–H groups in total. The number of sulfonamides is 1. The van der Waals surface area contributed by atoms with Crippen LogP contribution in [-0.4, -0.2) is 50.1 Å². The van der Waals surface area contributed by atoms with E-state index in [0.717, 1.165) is 37.3 Å². The molecule has 1 fully saturated rings. The van der Waals surface area contributed by atoms with Crippen LogP contribution in [0.1, 0.15) is 29.4 Å². The van der Waals surface area contributed by atoms with Gasteiger partial charge in [-0.3, -0.25) is 0 Å². The third kappa shape index (κ3) is 3.78. The molecule has 0 bridgehead atoms. The minimum Gasteiger partial charge on any atom is -0.477 e. The summed E-state index contributed by atoms with van der Waals surface area (Å²) < 4.78 is 26.9. The molecule has 1 aromatic heterocycles. The van der Waals surface area contributed by atoms with Crippen LogP contribution in [0, 0.1) is 0 Å². The summed E-state index contributed by atoms with van der Waals surface area (Å²) in [5.41, 5.74) is 0. The fourth-order valence-electron chi connectivity index (χ4n) is 2.29. The zero-order valence-electron chi connectivity index (χ0n) is 11.2. The summed E-state index contributed by atoms with van der Waals surface area (Å²) in [6, 6.07) is 2.44. The first kappa shape index (κ1) is 15.4. The molecule has 0 saturated carbocycles. The van der Waals surface area contributed by atoms with E-state index >= 15 is 0 Å². The van der Waals surface area contributed by atoms with E-state index in [1.54, 1.807) is 0 Å². The van der Waals surface area contributed by atoms with Gasteiger partial charge in [0, 0.05) is 12.6 Å². The van der Waals surface area contributed by atoms with Crippen LogP contribution >= 0.6 is 11.3 Å². The number of thiophene rings is 1. The van der Waals surface area contributed by atoms with Crippen molar-refractivity contribution in [2.24, 2.45) is 0 Å². The molecule has 0 aliphatic carbocycles. The first-order valence-corrected chi connectivity index (χ1v) is 8.76. The van der Waals surface area contributed by atoms with Gasteiger partial charge in [0.2, 0.25) is 10.0 Å². The lowest BCUT2D eigenvalue weighted by atomic mass is 10.3. The van der Waals surface area contributed by atoms with Gasteiger partial charge in [0.15, 0.2) is 0 Å². The van der Waals surface area contributed by atoms with Crippen LogP contribution in [0.3, 0.4) is 0 Å². The summed E-state index contributed by atoms with van der Waals surface area (Å²) >= 11 is 0.769. The van der Waals surface area contributed by atoms with Crippen LogP contribution in [0.25, 0.3) is 0 Å². The monoisotopic (exact) mass is 318 g/mol. The number of likely N-dealkylation sites (tertiary alicyclic amines) is 1. The maximum absolute atomic E-state index is 12.1. The second-order valence-electron chi connectivity index (χ2n) is 4.95. The van der Waals surface area contributed by atoms with Gasteiger partial charge >= 0.3 is 5.97 Å². The Labute approximate surface area is 122 Å². The molecule has 1 aromatic rings. The van der Waals surface area contributed by atoms with Crippen LogP contribution in [0.4, 0.5) is 0 Å². The van der Waals surface area contributed by atoms with Crippen LogP contribution in [-0.2, 0) is 10.0 Å². The SMILES string of the molecule is CC(CN1CCCC1)NS(=O)(=O)c1ccc(C(=O)O)s1. The Kier molecular flexibility index (Phi) is 4.79. The molecule has 2 rings (SSSR count). The molecule has 20 heavy (non-hydrogen) atoms. The van der Waals surface area contributed by atoms with Crippen molar-refractivity contribution in [3.8, 4) is 0 Å². The lowest BCUT2D eigenvalue weighted by molar-refractivity contribution is 0.0702. The van der Waals surface area contributed by atoms with Crippen molar-refractivity contribution >= 4 is 27.3 Å². The second kappa shape index (κ2) is 6.21. The summed E-state index contributed by atoms with van der Waals surface area (Å²) in [4.78, 5) is 13.0. The first-order chi connectivity index (χ1) is 9.38. The standard InChI is InChI=1S/C12H18N2O4S2/c1-9(8-14-6-2-3-7-14)13-20(17,18)11-5-4-10(19-11)12(15)16/h4-5,9,13H,2-3,6-8H2,1H3,(H,15,16). The predicted octanol–water partition coefficient (Wildman–Crippen LogP) is 1.21. The van der Waals surface area contributed by atoms with E-state index in [4.69, 9.17) is 5.11 Å². The Balaban J connectivity index is 2.00. The molecule has 1 atom stereocenters. The number of carbonyl (C=O) groups is 1. The molecule has 1 aliphatic heterocycles. The average molecular weight is 318 g/mol. The van der Waals surface area contributed by atoms with E-state index in [-0.39, 0.29) is 15.1 Å². The Morgan fingerprint density at radius 1 is 1.45 bits per heavy atom. The molecule has 0 spiro atoms. The summed E-state index contributed by atoms with van der Waals surface area (Å²) in [7, 11) is -3.64. The topological polar surface area (TPSA) is 86.7 Å². The van der Waals surface area contributed by atoms with Crippen LogP contribution < -0.4 is 4.72 Å². The van der Waals surface area contributed by atoms with Crippen molar-refractivity contribution in [1.82, 2.24) is 9.62 Å². The molecule has 112 valence electrons. The third-order valence-electron chi connectivity index (χ3n) is 3.14. The van der Waals surface area contributed by atoms with E-state index < -0.39 is 16.0 Å². The second-order valence-corrected chi connectivity index (χ2v) is 7.98. The molecular weight excluding hydrogens is 300 g/mol. The lowest BCUT2D eigenvalue weighted by Crippen LogP contribution is -2.40. The third-order valence-corrected chi connectivity index (χ3v) is 6.30. The summed E-state index contributed by atoms with van der Waals surface area (Å²) in [6.45, 7) is 4.51. The van der Waals surface area contributed by atoms with Gasteiger partial charge in [-0.2, -0.15) is 0 Å². The molecule has 8 heteroatoms. The van der Waals surface area contributed by atoms with Gasteiger partial charge < -0.3 is 10.0 Å². The van der Waals surface area contributed by atoms with E-state index in [1.165, 1.54) is 12.1 Å². The van der Waals surface area contributed by atoms with Gasteiger partial charge in [0.25, 0.3) is 0 Å².